The minimum absolute atomic E-state index is 0.0367. The lowest BCUT2D eigenvalue weighted by molar-refractivity contribution is -0.355. The molecule has 1 N–H and O–H groups in total. The number of hydrogen-bond donors (Lipinski definition) is 1. The second-order valence-electron chi connectivity index (χ2n) is 16.7. The summed E-state index contributed by atoms with van der Waals surface area (Å²) in [6, 6.07) is 48.1. The Morgan fingerprint density at radius 1 is 0.419 bits per heavy atom. The first-order valence-electron chi connectivity index (χ1n) is 23.3. The number of carbonyl (C=O) groups excluding carboxylic acids is 6. The fraction of sp³-hybridized carbons (Fsp3) is 0.250. The number of rotatable bonds is 19. The molecule has 17 nitrogen and oxygen atoms in total. The zero-order valence-corrected chi connectivity index (χ0v) is 40.0. The van der Waals surface area contributed by atoms with E-state index in [4.69, 9.17) is 59.0 Å². The van der Waals surface area contributed by atoms with E-state index in [1.165, 1.54) is 60.7 Å². The van der Waals surface area contributed by atoms with Gasteiger partial charge in [-0.25, -0.2) is 24.0 Å². The predicted molar refractivity (Wildman–Crippen MR) is 260 cm³/mol. The van der Waals surface area contributed by atoms with Gasteiger partial charge in [-0.15, -0.1) is 11.6 Å². The van der Waals surface area contributed by atoms with Gasteiger partial charge in [0.15, 0.2) is 37.0 Å². The number of benzene rings is 6. The monoisotopic (exact) mass is 1030 g/mol. The van der Waals surface area contributed by atoms with Crippen LogP contribution in [0.15, 0.2) is 182 Å². The molecule has 0 amide bonds. The lowest BCUT2D eigenvalue weighted by Crippen LogP contribution is -2.67. The summed E-state index contributed by atoms with van der Waals surface area (Å²) in [6.45, 7) is -1.53. The van der Waals surface area contributed by atoms with Gasteiger partial charge in [-0.3, -0.25) is 4.79 Å². The number of hydrogen-bond acceptors (Lipinski definition) is 17. The molecule has 382 valence electrons. The molecule has 0 aromatic heterocycles. The average molecular weight is 1030 g/mol. The minimum Gasteiger partial charge on any atom is -0.462 e. The Morgan fingerprint density at radius 2 is 0.797 bits per heavy atom. The largest absolute Gasteiger partial charge is 0.462 e. The van der Waals surface area contributed by atoms with E-state index >= 15 is 0 Å². The number of ether oxygens (including phenoxy) is 10. The Morgan fingerprint density at radius 3 is 1.26 bits per heavy atom. The van der Waals surface area contributed by atoms with Crippen LogP contribution in [0.3, 0.4) is 0 Å². The number of alkyl halides is 1. The number of esters is 6. The summed E-state index contributed by atoms with van der Waals surface area (Å²) in [5, 5.41) is 11.8. The Balaban J connectivity index is 1.25. The molecular formula is C56H49ClO17. The minimum atomic E-state index is -2.07. The van der Waals surface area contributed by atoms with Crippen molar-refractivity contribution in [3.63, 3.8) is 0 Å². The van der Waals surface area contributed by atoms with Gasteiger partial charge in [-0.2, -0.15) is 0 Å². The van der Waals surface area contributed by atoms with Crippen molar-refractivity contribution in [1.82, 2.24) is 0 Å². The van der Waals surface area contributed by atoms with Crippen LogP contribution in [0.5, 0.6) is 0 Å². The van der Waals surface area contributed by atoms with Gasteiger partial charge < -0.3 is 52.5 Å². The van der Waals surface area contributed by atoms with Crippen molar-refractivity contribution >= 4 is 47.4 Å². The van der Waals surface area contributed by atoms with Crippen molar-refractivity contribution in [2.24, 2.45) is 0 Å². The van der Waals surface area contributed by atoms with Crippen LogP contribution in [-0.2, 0) is 58.8 Å². The molecule has 8 rings (SSSR count). The van der Waals surface area contributed by atoms with Crippen LogP contribution in [0.2, 0.25) is 0 Å². The molecule has 2 aliphatic rings. The molecule has 10 atom stereocenters. The summed E-state index contributed by atoms with van der Waals surface area (Å²) in [4.78, 5) is 82.6. The van der Waals surface area contributed by atoms with Gasteiger partial charge in [0.2, 0.25) is 0 Å². The Bertz CT molecular complexity index is 2790. The van der Waals surface area contributed by atoms with E-state index in [9.17, 15) is 33.9 Å². The third kappa shape index (κ3) is 13.6. The van der Waals surface area contributed by atoms with Crippen LogP contribution < -0.4 is 0 Å². The second kappa shape index (κ2) is 25.7. The maximum atomic E-state index is 14.3. The van der Waals surface area contributed by atoms with Crippen molar-refractivity contribution in [2.75, 3.05) is 19.1 Å². The van der Waals surface area contributed by atoms with Crippen LogP contribution in [0, 0.1) is 0 Å². The molecule has 18 heteroatoms. The predicted octanol–water partition coefficient (Wildman–Crippen LogP) is 6.94. The molecule has 2 fully saturated rings. The van der Waals surface area contributed by atoms with Crippen LogP contribution in [0.25, 0.3) is 0 Å². The summed E-state index contributed by atoms with van der Waals surface area (Å²) < 4.78 is 61.9. The summed E-state index contributed by atoms with van der Waals surface area (Å²) >= 11 is 5.87. The maximum Gasteiger partial charge on any atom is 0.338 e. The van der Waals surface area contributed by atoms with Gasteiger partial charge >= 0.3 is 35.8 Å². The van der Waals surface area contributed by atoms with E-state index < -0.39 is 116 Å². The van der Waals surface area contributed by atoms with Crippen LogP contribution in [-0.4, -0.2) is 121 Å². The van der Waals surface area contributed by atoms with Gasteiger partial charge in [-0.1, -0.05) is 121 Å². The number of aliphatic hydroxyl groups is 1. The van der Waals surface area contributed by atoms with Gasteiger partial charge in [0, 0.05) is 0 Å². The van der Waals surface area contributed by atoms with E-state index in [2.05, 4.69) is 0 Å². The van der Waals surface area contributed by atoms with Gasteiger partial charge in [-0.05, 0) is 66.2 Å². The highest BCUT2D eigenvalue weighted by Gasteiger charge is 2.57. The van der Waals surface area contributed by atoms with E-state index in [1.54, 1.807) is 121 Å². The molecular weight excluding hydrogens is 980 g/mol. The number of carbonyl (C=O) groups is 6. The van der Waals surface area contributed by atoms with Gasteiger partial charge in [0.1, 0.15) is 43.5 Å². The summed E-state index contributed by atoms with van der Waals surface area (Å²) in [7, 11) is 0. The van der Waals surface area contributed by atoms with Crippen molar-refractivity contribution in [2.45, 2.75) is 68.0 Å². The van der Waals surface area contributed by atoms with Crippen LogP contribution in [0.1, 0.15) is 57.4 Å². The molecule has 2 heterocycles. The summed E-state index contributed by atoms with van der Waals surface area (Å²) in [5.74, 6) is -6.00. The van der Waals surface area contributed by atoms with Crippen LogP contribution >= 0.6 is 11.6 Å². The number of halogens is 1. The van der Waals surface area contributed by atoms with E-state index in [1.807, 2.05) is 0 Å². The fourth-order valence-corrected chi connectivity index (χ4v) is 8.12. The molecule has 74 heavy (non-hydrogen) atoms. The Hall–Kier alpha value is -7.77. The van der Waals surface area contributed by atoms with Crippen molar-refractivity contribution < 1.29 is 81.2 Å². The molecule has 2 aliphatic heterocycles. The molecule has 0 unspecified atom stereocenters. The third-order valence-corrected chi connectivity index (χ3v) is 11.9. The zero-order chi connectivity index (χ0) is 51.8. The van der Waals surface area contributed by atoms with Crippen LogP contribution in [0.4, 0.5) is 0 Å². The van der Waals surface area contributed by atoms with Crippen molar-refractivity contribution in [1.29, 1.82) is 0 Å². The highest BCUT2D eigenvalue weighted by atomic mass is 35.5. The quantitative estimate of drug-likeness (QED) is 0.0494. The fourth-order valence-electron chi connectivity index (χ4n) is 8.05. The summed E-state index contributed by atoms with van der Waals surface area (Å²) in [5.41, 5.74) is 1.06. The van der Waals surface area contributed by atoms with E-state index in [0.29, 0.717) is 5.56 Å². The molecule has 0 saturated carbocycles. The first kappa shape index (κ1) is 52.5. The SMILES string of the molecule is O=C(CCl)OC[C@H]1O[C@H](O[C@H]2[C@H](OC(=O)c3ccccc3)[C@H](OC(=O)c3ccccc3)[C@@H](O)O[C@@H]2COC(=O)c2ccccc2)[C@H](OC(=O)c2ccccc2)[C@@H](OCc2ccccc2)[C@H]1OC(=O)c1ccccc1. The van der Waals surface area contributed by atoms with E-state index in [-0.39, 0.29) is 34.4 Å². The molecule has 0 aliphatic carbocycles. The molecule has 6 aromatic rings. The summed E-state index contributed by atoms with van der Waals surface area (Å²) in [6.07, 6.45) is -17.4. The molecule has 0 radical (unpaired) electrons. The first-order chi connectivity index (χ1) is 36.1. The Labute approximate surface area is 429 Å². The second-order valence-corrected chi connectivity index (χ2v) is 17.0. The van der Waals surface area contributed by atoms with Crippen molar-refractivity contribution in [3.05, 3.63) is 215 Å². The molecule has 6 aromatic carbocycles. The van der Waals surface area contributed by atoms with Gasteiger partial charge in [0.25, 0.3) is 0 Å². The molecule has 2 saturated heterocycles. The lowest BCUT2D eigenvalue weighted by atomic mass is 9.95. The maximum absolute atomic E-state index is 14.3. The highest BCUT2D eigenvalue weighted by Crippen LogP contribution is 2.36. The standard InChI is InChI=1S/C56H49ClO17/c57-31-43(58)65-33-42-44(70-51(60)37-23-11-3-12-24-37)46(66-32-35-19-7-1-8-20-35)49(73-54(63)40-29-17-6-18-30-40)56(69-42)74-45-41(34-67-50(59)36-21-9-2-10-22-36)68-55(64)48(72-53(62)39-27-15-5-16-28-39)47(45)71-52(61)38-25-13-4-14-26-38/h1-30,41-42,44-49,55-56,64H,31-34H2/t41-,42-,44+,45-,46+,47+,48+,49-,55+,56-/m1/s1. The van der Waals surface area contributed by atoms with Crippen molar-refractivity contribution in [3.8, 4) is 0 Å². The number of aliphatic hydroxyl groups excluding tert-OH is 1. The Kier molecular flexibility index (Phi) is 18.3. The highest BCUT2D eigenvalue weighted by molar-refractivity contribution is 6.26. The third-order valence-electron chi connectivity index (χ3n) is 11.7. The molecule has 0 spiro atoms. The first-order valence-corrected chi connectivity index (χ1v) is 23.9. The molecule has 0 bridgehead atoms. The van der Waals surface area contributed by atoms with Gasteiger partial charge in [0.05, 0.1) is 34.4 Å². The smallest absolute Gasteiger partial charge is 0.338 e. The topological polar surface area (TPSA) is 215 Å². The zero-order valence-electron chi connectivity index (χ0n) is 39.3. The van der Waals surface area contributed by atoms with E-state index in [0.717, 1.165) is 0 Å². The lowest BCUT2D eigenvalue weighted by Gasteiger charge is -2.48. The average Bonchev–Trinajstić information content (AvgIpc) is 3.45. The normalized spacial score (nSPS) is 23.3.